The summed E-state index contributed by atoms with van der Waals surface area (Å²) < 4.78 is 38.6. The number of aliphatic hydroxyl groups is 1. The molecule has 2 N–H and O–H groups in total. The van der Waals surface area contributed by atoms with Crippen molar-refractivity contribution in [1.82, 2.24) is 9.97 Å². The number of aromatic amines is 1. The van der Waals surface area contributed by atoms with E-state index in [2.05, 4.69) is 9.97 Å². The highest BCUT2D eigenvalue weighted by molar-refractivity contribution is 5.84. The van der Waals surface area contributed by atoms with Gasteiger partial charge in [0.15, 0.2) is 0 Å². The maximum atomic E-state index is 12.9. The van der Waals surface area contributed by atoms with Crippen molar-refractivity contribution in [1.29, 1.82) is 0 Å². The van der Waals surface area contributed by atoms with Crippen molar-refractivity contribution in [3.63, 3.8) is 0 Å². The van der Waals surface area contributed by atoms with Crippen molar-refractivity contribution >= 4 is 23.2 Å². The van der Waals surface area contributed by atoms with Crippen LogP contribution in [0.5, 0.6) is 0 Å². The summed E-state index contributed by atoms with van der Waals surface area (Å²) >= 11 is 0. The van der Waals surface area contributed by atoms with Crippen LogP contribution >= 0.6 is 0 Å². The first-order valence-electron chi connectivity index (χ1n) is 9.44. The molecule has 0 saturated carbocycles. The SMILES string of the molecule is CC(O)c1ccccc1-c1ccc2[nH]c(C=Cc3cccc(C(F)(F)F)c3)nc2c1. The monoisotopic (exact) mass is 408 g/mol. The largest absolute Gasteiger partial charge is 0.416 e. The van der Waals surface area contributed by atoms with Crippen molar-refractivity contribution in [2.24, 2.45) is 0 Å². The first-order chi connectivity index (χ1) is 14.3. The fraction of sp³-hybridized carbons (Fsp3) is 0.125. The summed E-state index contributed by atoms with van der Waals surface area (Å²) in [6.07, 6.45) is -1.72. The molecule has 0 saturated heterocycles. The molecule has 3 aromatic carbocycles. The Labute approximate surface area is 171 Å². The van der Waals surface area contributed by atoms with Crippen LogP contribution in [-0.2, 0) is 6.18 Å². The van der Waals surface area contributed by atoms with Gasteiger partial charge in [0, 0.05) is 0 Å². The number of hydrogen-bond acceptors (Lipinski definition) is 2. The molecule has 0 radical (unpaired) electrons. The van der Waals surface area contributed by atoms with Crippen LogP contribution in [-0.4, -0.2) is 15.1 Å². The number of nitrogens with one attached hydrogen (secondary N) is 1. The summed E-state index contributed by atoms with van der Waals surface area (Å²) in [5.41, 5.74) is 4.00. The number of nitrogens with zero attached hydrogens (tertiary/aromatic N) is 1. The van der Waals surface area contributed by atoms with Crippen molar-refractivity contribution in [3.8, 4) is 11.1 Å². The van der Waals surface area contributed by atoms with Crippen LogP contribution in [0.3, 0.4) is 0 Å². The minimum absolute atomic E-state index is 0.442. The summed E-state index contributed by atoms with van der Waals surface area (Å²) in [6, 6.07) is 18.5. The summed E-state index contributed by atoms with van der Waals surface area (Å²) in [6.45, 7) is 1.72. The normalized spacial score (nSPS) is 13.2. The molecule has 30 heavy (non-hydrogen) atoms. The Morgan fingerprint density at radius 2 is 1.77 bits per heavy atom. The van der Waals surface area contributed by atoms with Crippen LogP contribution in [0.15, 0.2) is 66.7 Å². The number of halogens is 3. The quantitative estimate of drug-likeness (QED) is 0.406. The van der Waals surface area contributed by atoms with E-state index in [-0.39, 0.29) is 0 Å². The van der Waals surface area contributed by atoms with E-state index in [1.54, 1.807) is 25.1 Å². The number of rotatable bonds is 4. The number of benzene rings is 3. The zero-order valence-electron chi connectivity index (χ0n) is 16.1. The Kier molecular flexibility index (Phi) is 5.18. The van der Waals surface area contributed by atoms with Gasteiger partial charge in [-0.05, 0) is 59.5 Å². The fourth-order valence-electron chi connectivity index (χ4n) is 3.39. The van der Waals surface area contributed by atoms with Crippen LogP contribution in [0.25, 0.3) is 34.3 Å². The zero-order valence-corrected chi connectivity index (χ0v) is 16.1. The molecule has 0 amide bonds. The minimum Gasteiger partial charge on any atom is -0.389 e. The number of aromatic nitrogens is 2. The van der Waals surface area contributed by atoms with Gasteiger partial charge in [-0.2, -0.15) is 13.2 Å². The van der Waals surface area contributed by atoms with Crippen LogP contribution < -0.4 is 0 Å². The maximum absolute atomic E-state index is 12.9. The van der Waals surface area contributed by atoms with Gasteiger partial charge < -0.3 is 10.1 Å². The third-order valence-corrected chi connectivity index (χ3v) is 4.87. The summed E-state index contributed by atoms with van der Waals surface area (Å²) in [5, 5.41) is 10.0. The molecule has 0 spiro atoms. The van der Waals surface area contributed by atoms with Crippen molar-refractivity contribution in [2.45, 2.75) is 19.2 Å². The predicted octanol–water partition coefficient (Wildman–Crippen LogP) is 6.47. The molecular weight excluding hydrogens is 389 g/mol. The van der Waals surface area contributed by atoms with Crippen LogP contribution in [0, 0.1) is 0 Å². The van der Waals surface area contributed by atoms with E-state index in [4.69, 9.17) is 0 Å². The second-order valence-electron chi connectivity index (χ2n) is 7.07. The molecule has 1 atom stereocenters. The molecule has 4 rings (SSSR count). The maximum Gasteiger partial charge on any atom is 0.416 e. The Bertz CT molecular complexity index is 1220. The lowest BCUT2D eigenvalue weighted by molar-refractivity contribution is -0.137. The van der Waals surface area contributed by atoms with Crippen molar-refractivity contribution in [2.75, 3.05) is 0 Å². The lowest BCUT2D eigenvalue weighted by Crippen LogP contribution is -2.04. The molecule has 0 fully saturated rings. The van der Waals surface area contributed by atoms with Gasteiger partial charge in [-0.25, -0.2) is 4.98 Å². The Hall–Kier alpha value is -3.38. The van der Waals surface area contributed by atoms with Crippen molar-refractivity contribution in [3.05, 3.63) is 89.2 Å². The number of aliphatic hydroxyl groups excluding tert-OH is 1. The number of hydrogen-bond donors (Lipinski definition) is 2. The molecule has 6 heteroatoms. The van der Waals surface area contributed by atoms with Gasteiger partial charge in [-0.1, -0.05) is 48.5 Å². The third-order valence-electron chi connectivity index (χ3n) is 4.87. The topological polar surface area (TPSA) is 48.9 Å². The summed E-state index contributed by atoms with van der Waals surface area (Å²) in [5.74, 6) is 0.545. The van der Waals surface area contributed by atoms with E-state index >= 15 is 0 Å². The van der Waals surface area contributed by atoms with E-state index in [9.17, 15) is 18.3 Å². The number of H-pyrrole nitrogens is 1. The van der Waals surface area contributed by atoms with E-state index in [1.807, 2.05) is 42.5 Å². The van der Waals surface area contributed by atoms with Gasteiger partial charge in [0.25, 0.3) is 0 Å². The van der Waals surface area contributed by atoms with Crippen LogP contribution in [0.4, 0.5) is 13.2 Å². The highest BCUT2D eigenvalue weighted by atomic mass is 19.4. The molecule has 3 nitrogen and oxygen atoms in total. The van der Waals surface area contributed by atoms with Gasteiger partial charge in [0.2, 0.25) is 0 Å². The number of imidazole rings is 1. The highest BCUT2D eigenvalue weighted by Crippen LogP contribution is 2.31. The average molecular weight is 408 g/mol. The van der Waals surface area contributed by atoms with Crippen LogP contribution in [0.2, 0.25) is 0 Å². The van der Waals surface area contributed by atoms with E-state index in [0.29, 0.717) is 11.4 Å². The molecule has 1 unspecified atom stereocenters. The van der Waals surface area contributed by atoms with Gasteiger partial charge in [-0.15, -0.1) is 0 Å². The second kappa shape index (κ2) is 7.80. The molecule has 0 aliphatic heterocycles. The first kappa shape index (κ1) is 19.9. The second-order valence-corrected chi connectivity index (χ2v) is 7.07. The smallest absolute Gasteiger partial charge is 0.389 e. The van der Waals surface area contributed by atoms with Crippen molar-refractivity contribution < 1.29 is 18.3 Å². The fourth-order valence-corrected chi connectivity index (χ4v) is 3.39. The van der Waals surface area contributed by atoms with Gasteiger partial charge in [0.05, 0.1) is 22.7 Å². The first-order valence-corrected chi connectivity index (χ1v) is 9.44. The molecule has 0 aliphatic carbocycles. The molecule has 152 valence electrons. The number of fused-ring (bicyclic) bond motifs is 1. The minimum atomic E-state index is -4.37. The molecule has 1 heterocycles. The molecule has 0 aliphatic rings. The molecule has 1 aromatic heterocycles. The molecule has 0 bridgehead atoms. The Balaban J connectivity index is 1.65. The Morgan fingerprint density at radius 3 is 2.53 bits per heavy atom. The van der Waals surface area contributed by atoms with Gasteiger partial charge >= 0.3 is 6.18 Å². The van der Waals surface area contributed by atoms with E-state index < -0.39 is 17.8 Å². The third kappa shape index (κ3) is 4.14. The summed E-state index contributed by atoms with van der Waals surface area (Å²) in [7, 11) is 0. The average Bonchev–Trinajstić information content (AvgIpc) is 3.14. The standard InChI is InChI=1S/C24H19F3N2O/c1-15(30)19-7-2-3-8-20(19)17-10-11-21-22(14-17)29-23(28-21)12-9-16-5-4-6-18(13-16)24(25,26)27/h2-15,30H,1H3,(H,28,29). The van der Waals surface area contributed by atoms with Crippen LogP contribution in [0.1, 0.15) is 35.5 Å². The van der Waals surface area contributed by atoms with E-state index in [0.717, 1.165) is 39.9 Å². The number of alkyl halides is 3. The lowest BCUT2D eigenvalue weighted by Gasteiger charge is -2.11. The highest BCUT2D eigenvalue weighted by Gasteiger charge is 2.30. The van der Waals surface area contributed by atoms with Gasteiger partial charge in [0.1, 0.15) is 5.82 Å². The zero-order chi connectivity index (χ0) is 21.3. The molecular formula is C24H19F3N2O. The van der Waals surface area contributed by atoms with Gasteiger partial charge in [-0.3, -0.25) is 0 Å². The predicted molar refractivity (Wildman–Crippen MR) is 113 cm³/mol. The molecule has 4 aromatic rings. The lowest BCUT2D eigenvalue weighted by atomic mass is 9.96. The summed E-state index contributed by atoms with van der Waals surface area (Å²) in [4.78, 5) is 7.69. The Morgan fingerprint density at radius 1 is 0.967 bits per heavy atom. The van der Waals surface area contributed by atoms with E-state index in [1.165, 1.54) is 6.07 Å².